The molecule has 188 valence electrons. The van der Waals surface area contributed by atoms with Crippen molar-refractivity contribution in [2.45, 2.75) is 38.7 Å². The van der Waals surface area contributed by atoms with Gasteiger partial charge >= 0.3 is 0 Å². The van der Waals surface area contributed by atoms with E-state index in [1.165, 1.54) is 6.42 Å². The SMILES string of the molecule is Cc1cccc(C(O)(C(=O)N/N=C/c2cc3ccccc3nc2N2CCCCC2)c2cccc(C)c2)c1. The van der Waals surface area contributed by atoms with E-state index in [0.29, 0.717) is 11.1 Å². The standard InChI is InChI=1S/C31H32N4O2/c1-22-10-8-13-26(18-22)31(37,27-14-9-11-23(2)19-27)30(36)34-32-21-25-20-24-12-4-5-15-28(24)33-29(25)35-16-6-3-7-17-35/h4-5,8-15,18-21,37H,3,6-7,16-17H2,1-2H3,(H,34,36)/b32-21+. The van der Waals surface area contributed by atoms with Gasteiger partial charge < -0.3 is 10.0 Å². The number of carbonyl (C=O) groups excluding carboxylic acids is 1. The minimum Gasteiger partial charge on any atom is -0.372 e. The quantitative estimate of drug-likeness (QED) is 0.285. The van der Waals surface area contributed by atoms with Crippen LogP contribution in [0, 0.1) is 13.8 Å². The summed E-state index contributed by atoms with van der Waals surface area (Å²) in [7, 11) is 0. The summed E-state index contributed by atoms with van der Waals surface area (Å²) in [6, 6.07) is 24.8. The third kappa shape index (κ3) is 5.11. The van der Waals surface area contributed by atoms with E-state index in [1.54, 1.807) is 18.3 Å². The van der Waals surface area contributed by atoms with Crippen LogP contribution in [0.15, 0.2) is 84.0 Å². The van der Waals surface area contributed by atoms with Gasteiger partial charge in [-0.1, -0.05) is 77.9 Å². The number of aromatic nitrogens is 1. The van der Waals surface area contributed by atoms with Crippen molar-refractivity contribution < 1.29 is 9.90 Å². The number of amides is 1. The maximum absolute atomic E-state index is 13.6. The number of benzene rings is 3. The molecule has 0 atom stereocenters. The van der Waals surface area contributed by atoms with Gasteiger partial charge in [0.15, 0.2) is 5.60 Å². The molecule has 3 aromatic carbocycles. The van der Waals surface area contributed by atoms with E-state index in [1.807, 2.05) is 74.5 Å². The third-order valence-corrected chi connectivity index (χ3v) is 6.96. The van der Waals surface area contributed by atoms with Gasteiger partial charge in [-0.2, -0.15) is 5.10 Å². The van der Waals surface area contributed by atoms with E-state index in [-0.39, 0.29) is 0 Å². The number of para-hydroxylation sites is 1. The number of rotatable bonds is 6. The summed E-state index contributed by atoms with van der Waals surface area (Å²) >= 11 is 0. The summed E-state index contributed by atoms with van der Waals surface area (Å²) in [5, 5.41) is 17.2. The summed E-state index contributed by atoms with van der Waals surface area (Å²) in [5.74, 6) is 0.247. The Morgan fingerprint density at radius 3 is 2.22 bits per heavy atom. The highest BCUT2D eigenvalue weighted by molar-refractivity contribution is 5.95. The van der Waals surface area contributed by atoms with Gasteiger partial charge in [0, 0.05) is 24.0 Å². The minimum atomic E-state index is -1.90. The lowest BCUT2D eigenvalue weighted by atomic mass is 9.84. The van der Waals surface area contributed by atoms with Crippen molar-refractivity contribution in [3.8, 4) is 0 Å². The molecule has 2 N–H and O–H groups in total. The highest BCUT2D eigenvalue weighted by Crippen LogP contribution is 2.31. The molecule has 0 bridgehead atoms. The predicted octanol–water partition coefficient (Wildman–Crippen LogP) is 5.23. The van der Waals surface area contributed by atoms with Gasteiger partial charge in [-0.05, 0) is 56.4 Å². The lowest BCUT2D eigenvalue weighted by molar-refractivity contribution is -0.136. The Bertz CT molecular complexity index is 1410. The Labute approximate surface area is 217 Å². The molecular formula is C31H32N4O2. The zero-order chi connectivity index (χ0) is 25.8. The van der Waals surface area contributed by atoms with Gasteiger partial charge in [-0.3, -0.25) is 4.79 Å². The fourth-order valence-electron chi connectivity index (χ4n) is 4.99. The summed E-state index contributed by atoms with van der Waals surface area (Å²) < 4.78 is 0. The number of hydrogen-bond acceptors (Lipinski definition) is 5. The van der Waals surface area contributed by atoms with E-state index in [4.69, 9.17) is 4.98 Å². The molecule has 37 heavy (non-hydrogen) atoms. The van der Waals surface area contributed by atoms with Crippen LogP contribution < -0.4 is 10.3 Å². The summed E-state index contributed by atoms with van der Waals surface area (Å²) in [5.41, 5.74) is 5.37. The Balaban J connectivity index is 1.49. The Hall–Kier alpha value is -4.03. The number of fused-ring (bicyclic) bond motifs is 1. The van der Waals surface area contributed by atoms with Crippen LogP contribution >= 0.6 is 0 Å². The summed E-state index contributed by atoms with van der Waals surface area (Å²) in [6.07, 6.45) is 5.11. The highest BCUT2D eigenvalue weighted by Gasteiger charge is 2.40. The van der Waals surface area contributed by atoms with Crippen LogP contribution in [0.5, 0.6) is 0 Å². The molecule has 4 aromatic rings. The number of pyridine rings is 1. The molecule has 5 rings (SSSR count). The van der Waals surface area contributed by atoms with Crippen LogP contribution in [0.2, 0.25) is 0 Å². The number of hydrogen-bond donors (Lipinski definition) is 2. The predicted molar refractivity (Wildman–Crippen MR) is 149 cm³/mol. The second kappa shape index (κ2) is 10.5. The number of anilines is 1. The van der Waals surface area contributed by atoms with Crippen molar-refractivity contribution in [3.63, 3.8) is 0 Å². The molecule has 0 spiro atoms. The first kappa shape index (κ1) is 24.7. The smallest absolute Gasteiger partial charge is 0.281 e. The number of carbonyl (C=O) groups is 1. The Morgan fingerprint density at radius 2 is 1.57 bits per heavy atom. The summed E-state index contributed by atoms with van der Waals surface area (Å²) in [4.78, 5) is 20.8. The van der Waals surface area contributed by atoms with Crippen molar-refractivity contribution in [1.82, 2.24) is 10.4 Å². The van der Waals surface area contributed by atoms with E-state index in [0.717, 1.165) is 59.3 Å². The van der Waals surface area contributed by atoms with E-state index in [9.17, 15) is 9.90 Å². The van der Waals surface area contributed by atoms with Crippen molar-refractivity contribution >= 4 is 28.8 Å². The molecule has 1 fully saturated rings. The second-order valence-corrected chi connectivity index (χ2v) is 9.79. The molecule has 1 aromatic heterocycles. The number of aliphatic hydroxyl groups is 1. The van der Waals surface area contributed by atoms with E-state index >= 15 is 0 Å². The molecule has 0 unspecified atom stereocenters. The zero-order valence-corrected chi connectivity index (χ0v) is 21.3. The van der Waals surface area contributed by atoms with Gasteiger partial charge in [0.2, 0.25) is 0 Å². The average molecular weight is 493 g/mol. The number of nitrogens with zero attached hydrogens (tertiary/aromatic N) is 3. The minimum absolute atomic E-state index is 0.493. The first-order valence-corrected chi connectivity index (χ1v) is 12.8. The van der Waals surface area contributed by atoms with Gasteiger partial charge in [0.1, 0.15) is 5.82 Å². The second-order valence-electron chi connectivity index (χ2n) is 9.79. The summed E-state index contributed by atoms with van der Waals surface area (Å²) in [6.45, 7) is 5.76. The monoisotopic (exact) mass is 492 g/mol. The maximum Gasteiger partial charge on any atom is 0.281 e. The average Bonchev–Trinajstić information content (AvgIpc) is 2.92. The van der Waals surface area contributed by atoms with Crippen molar-refractivity contribution in [1.29, 1.82) is 0 Å². The van der Waals surface area contributed by atoms with Crippen LogP contribution in [-0.4, -0.2) is 35.3 Å². The Kier molecular flexibility index (Phi) is 7.01. The van der Waals surface area contributed by atoms with Gasteiger partial charge in [0.05, 0.1) is 11.7 Å². The third-order valence-electron chi connectivity index (χ3n) is 6.96. The molecule has 1 saturated heterocycles. The molecule has 2 heterocycles. The first-order chi connectivity index (χ1) is 17.9. The lowest BCUT2D eigenvalue weighted by Gasteiger charge is -2.29. The molecule has 0 radical (unpaired) electrons. The molecule has 0 saturated carbocycles. The van der Waals surface area contributed by atoms with Crippen molar-refractivity contribution in [3.05, 3.63) is 107 Å². The molecule has 1 aliphatic rings. The normalized spacial score (nSPS) is 14.3. The van der Waals surface area contributed by atoms with Gasteiger partial charge in [-0.25, -0.2) is 10.4 Å². The highest BCUT2D eigenvalue weighted by atomic mass is 16.3. The molecule has 1 amide bonds. The maximum atomic E-state index is 13.6. The first-order valence-electron chi connectivity index (χ1n) is 12.8. The Morgan fingerprint density at radius 1 is 0.919 bits per heavy atom. The molecule has 1 aliphatic heterocycles. The fraction of sp³-hybridized carbons (Fsp3) is 0.258. The molecule has 6 nitrogen and oxygen atoms in total. The number of hydrazone groups is 1. The van der Waals surface area contributed by atoms with Crippen LogP contribution in [0.25, 0.3) is 10.9 Å². The van der Waals surface area contributed by atoms with E-state index in [2.05, 4.69) is 21.5 Å². The molecule has 0 aliphatic carbocycles. The van der Waals surface area contributed by atoms with E-state index < -0.39 is 11.5 Å². The largest absolute Gasteiger partial charge is 0.372 e. The topological polar surface area (TPSA) is 77.8 Å². The van der Waals surface area contributed by atoms with Crippen molar-refractivity contribution in [2.75, 3.05) is 18.0 Å². The zero-order valence-electron chi connectivity index (χ0n) is 21.3. The number of piperidine rings is 1. The van der Waals surface area contributed by atoms with Gasteiger partial charge in [-0.15, -0.1) is 0 Å². The molecular weight excluding hydrogens is 460 g/mol. The fourth-order valence-corrected chi connectivity index (χ4v) is 4.99. The lowest BCUT2D eigenvalue weighted by Crippen LogP contribution is -2.43. The van der Waals surface area contributed by atoms with Crippen LogP contribution in [-0.2, 0) is 10.4 Å². The van der Waals surface area contributed by atoms with Crippen LogP contribution in [0.3, 0.4) is 0 Å². The number of nitrogens with one attached hydrogen (secondary N) is 1. The van der Waals surface area contributed by atoms with Crippen LogP contribution in [0.4, 0.5) is 5.82 Å². The van der Waals surface area contributed by atoms with Crippen LogP contribution in [0.1, 0.15) is 47.1 Å². The number of aryl methyl sites for hydroxylation is 2. The van der Waals surface area contributed by atoms with Gasteiger partial charge in [0.25, 0.3) is 5.91 Å². The molecule has 6 heteroatoms. The van der Waals surface area contributed by atoms with Crippen molar-refractivity contribution in [2.24, 2.45) is 5.10 Å².